The number of benzene rings is 2. The maximum atomic E-state index is 12.3. The predicted molar refractivity (Wildman–Crippen MR) is 96.9 cm³/mol. The summed E-state index contributed by atoms with van der Waals surface area (Å²) in [5, 5.41) is 20.4. The number of allylic oxidation sites excluding steroid dienone is 1. The third-order valence-electron chi connectivity index (χ3n) is 3.89. The second-order valence-electron chi connectivity index (χ2n) is 5.65. The number of carboxylic acid groups (broad SMARTS) is 1. The number of furan rings is 1. The van der Waals surface area contributed by atoms with E-state index in [1.165, 1.54) is 25.3 Å². The molecule has 6 heteroatoms. The van der Waals surface area contributed by atoms with Crippen LogP contribution in [0.1, 0.15) is 26.5 Å². The monoisotopic (exact) mass is 363 g/mol. The number of methoxy groups -OCH3 is 1. The molecule has 27 heavy (non-hydrogen) atoms. The van der Waals surface area contributed by atoms with Crippen LogP contribution in [0, 0.1) is 0 Å². The molecule has 0 aliphatic rings. The van der Waals surface area contributed by atoms with Gasteiger partial charge in [-0.2, -0.15) is 0 Å². The smallest absolute Gasteiger partial charge is 0.371 e. The average Bonchev–Trinajstić information content (AvgIpc) is 3.18. The van der Waals surface area contributed by atoms with Gasteiger partial charge in [0.2, 0.25) is 5.76 Å². The molecule has 0 atom stereocenters. The van der Waals surface area contributed by atoms with Gasteiger partial charge in [-0.1, -0.05) is 48.2 Å². The van der Waals surface area contributed by atoms with Gasteiger partial charge in [-0.3, -0.25) is 4.79 Å². The van der Waals surface area contributed by atoms with Crippen LogP contribution in [0.2, 0.25) is 0 Å². The highest BCUT2D eigenvalue weighted by atomic mass is 16.5. The molecule has 0 radical (unpaired) electrons. The van der Waals surface area contributed by atoms with Gasteiger partial charge in [0.05, 0.1) is 7.11 Å². The fourth-order valence-corrected chi connectivity index (χ4v) is 2.46. The minimum Gasteiger partial charge on any atom is -0.870 e. The lowest BCUT2D eigenvalue weighted by Gasteiger charge is -2.12. The molecule has 136 valence electrons. The highest BCUT2D eigenvalue weighted by molar-refractivity contribution is 6.07. The number of ether oxygens (including phenoxy) is 1. The lowest BCUT2D eigenvalue weighted by atomic mass is 10.1. The number of hydrogen-bond acceptors (Lipinski definition) is 5. The lowest BCUT2D eigenvalue weighted by Crippen LogP contribution is -1.96. The van der Waals surface area contributed by atoms with Crippen molar-refractivity contribution < 1.29 is 29.0 Å². The zero-order chi connectivity index (χ0) is 19.4. The van der Waals surface area contributed by atoms with E-state index in [1.807, 2.05) is 0 Å². The molecule has 3 rings (SSSR count). The molecule has 6 nitrogen and oxygen atoms in total. The zero-order valence-corrected chi connectivity index (χ0v) is 14.3. The fraction of sp³-hybridized carbons (Fsp3) is 0.0476. The van der Waals surface area contributed by atoms with E-state index in [9.17, 15) is 14.7 Å². The number of carbonyl (C=O) groups is 2. The van der Waals surface area contributed by atoms with Gasteiger partial charge in [-0.05, 0) is 29.8 Å². The van der Waals surface area contributed by atoms with Crippen LogP contribution in [0.3, 0.4) is 0 Å². The van der Waals surface area contributed by atoms with Crippen molar-refractivity contribution >= 4 is 17.8 Å². The number of aromatic carboxylic acids is 1. The maximum Gasteiger partial charge on any atom is 0.371 e. The van der Waals surface area contributed by atoms with Crippen molar-refractivity contribution in [3.8, 4) is 22.8 Å². The van der Waals surface area contributed by atoms with Crippen LogP contribution in [-0.4, -0.2) is 24.0 Å². The van der Waals surface area contributed by atoms with Gasteiger partial charge in [0.1, 0.15) is 11.5 Å². The van der Waals surface area contributed by atoms with Crippen LogP contribution < -0.4 is 9.84 Å². The molecule has 0 saturated carbocycles. The van der Waals surface area contributed by atoms with Crippen LogP contribution in [0.15, 0.2) is 65.1 Å². The van der Waals surface area contributed by atoms with Gasteiger partial charge < -0.3 is 19.4 Å². The van der Waals surface area contributed by atoms with Gasteiger partial charge in [0.15, 0.2) is 5.78 Å². The van der Waals surface area contributed by atoms with E-state index in [4.69, 9.17) is 14.3 Å². The molecule has 1 heterocycles. The van der Waals surface area contributed by atoms with E-state index >= 15 is 0 Å². The number of ketones is 1. The molecule has 0 bridgehead atoms. The van der Waals surface area contributed by atoms with Crippen LogP contribution in [0.25, 0.3) is 17.4 Å². The Bertz CT molecular complexity index is 1010. The molecule has 0 fully saturated rings. The van der Waals surface area contributed by atoms with Crippen molar-refractivity contribution in [2.75, 3.05) is 7.11 Å². The molecule has 0 aliphatic carbocycles. The molecule has 2 aromatic carbocycles. The Hall–Kier alpha value is -3.80. The Morgan fingerprint density at radius 2 is 1.81 bits per heavy atom. The highest BCUT2D eigenvalue weighted by Gasteiger charge is 2.11. The van der Waals surface area contributed by atoms with Gasteiger partial charge >= 0.3 is 5.97 Å². The fourth-order valence-electron chi connectivity index (χ4n) is 2.46. The largest absolute Gasteiger partial charge is 0.870 e. The van der Waals surface area contributed by atoms with Crippen molar-refractivity contribution in [2.45, 2.75) is 0 Å². The Morgan fingerprint density at radius 3 is 2.44 bits per heavy atom. The molecule has 1 N–H and O–H groups in total. The first-order valence-electron chi connectivity index (χ1n) is 7.99. The summed E-state index contributed by atoms with van der Waals surface area (Å²) in [7, 11) is 1.41. The van der Waals surface area contributed by atoms with E-state index in [0.717, 1.165) is 0 Å². The molecule has 3 aromatic rings. The summed E-state index contributed by atoms with van der Waals surface area (Å²) in [6, 6.07) is 14.1. The summed E-state index contributed by atoms with van der Waals surface area (Å²) in [6.07, 6.45) is 3.01. The van der Waals surface area contributed by atoms with Crippen molar-refractivity contribution in [2.24, 2.45) is 0 Å². The average molecular weight is 363 g/mol. The lowest BCUT2D eigenvalue weighted by molar-refractivity contribution is -0.270. The standard InChI is InChI=1S/C21H16O6/c1-26-20-12-13(3-9-17(20)23)2-8-16(22)14-4-6-15(7-5-14)18-10-11-19(27-18)21(24)25/h2-12,23H,1H3,(H,24,25)/p-1/b8-2+. The number of carbonyl (C=O) groups excluding carboxylic acids is 1. The molecule has 0 saturated heterocycles. The van der Waals surface area contributed by atoms with Gasteiger partial charge in [0, 0.05) is 11.1 Å². The van der Waals surface area contributed by atoms with Crippen molar-refractivity contribution in [3.63, 3.8) is 0 Å². The first-order chi connectivity index (χ1) is 13.0. The number of carboxylic acids is 1. The minimum absolute atomic E-state index is 0.146. The molecular formula is C21H15O6-. The topological polar surface area (TPSA) is 99.8 Å². The van der Waals surface area contributed by atoms with Gasteiger partial charge in [0.25, 0.3) is 0 Å². The van der Waals surface area contributed by atoms with Crippen LogP contribution in [0.4, 0.5) is 0 Å². The Balaban J connectivity index is 1.74. The van der Waals surface area contributed by atoms with E-state index in [-0.39, 0.29) is 23.0 Å². The van der Waals surface area contributed by atoms with Gasteiger partial charge in [-0.15, -0.1) is 0 Å². The Labute approximate surface area is 155 Å². The minimum atomic E-state index is -1.14. The summed E-state index contributed by atoms with van der Waals surface area (Å²) in [6.45, 7) is 0. The second-order valence-corrected chi connectivity index (χ2v) is 5.65. The highest BCUT2D eigenvalue weighted by Crippen LogP contribution is 2.25. The SMILES string of the molecule is COc1cc(/C=C/C(=O)c2ccc(-c3ccc(C(=O)O)o3)cc2)ccc1[O-]. The van der Waals surface area contributed by atoms with E-state index in [2.05, 4.69) is 0 Å². The van der Waals surface area contributed by atoms with Gasteiger partial charge in [-0.25, -0.2) is 4.79 Å². The van der Waals surface area contributed by atoms with E-state index < -0.39 is 5.97 Å². The normalized spacial score (nSPS) is 10.9. The zero-order valence-electron chi connectivity index (χ0n) is 14.3. The van der Waals surface area contributed by atoms with E-state index in [1.54, 1.807) is 48.5 Å². The molecule has 0 amide bonds. The second kappa shape index (κ2) is 7.61. The van der Waals surface area contributed by atoms with Crippen molar-refractivity contribution in [3.05, 3.63) is 77.6 Å². The van der Waals surface area contributed by atoms with Crippen LogP contribution in [0.5, 0.6) is 11.5 Å². The molecule has 0 unspecified atom stereocenters. The van der Waals surface area contributed by atoms with Crippen molar-refractivity contribution in [1.29, 1.82) is 0 Å². The summed E-state index contributed by atoms with van der Waals surface area (Å²) < 4.78 is 10.2. The molecule has 0 spiro atoms. The number of rotatable bonds is 6. The predicted octanol–water partition coefficient (Wildman–Crippen LogP) is 3.62. The maximum absolute atomic E-state index is 12.3. The molecule has 1 aromatic heterocycles. The Morgan fingerprint density at radius 1 is 1.07 bits per heavy atom. The van der Waals surface area contributed by atoms with E-state index in [0.29, 0.717) is 22.5 Å². The van der Waals surface area contributed by atoms with Crippen molar-refractivity contribution in [1.82, 2.24) is 0 Å². The summed E-state index contributed by atoms with van der Waals surface area (Å²) in [4.78, 5) is 23.2. The third-order valence-corrected chi connectivity index (χ3v) is 3.89. The quantitative estimate of drug-likeness (QED) is 0.530. The summed E-state index contributed by atoms with van der Waals surface area (Å²) >= 11 is 0. The number of hydrogen-bond donors (Lipinski definition) is 1. The molecular weight excluding hydrogens is 348 g/mol. The first-order valence-corrected chi connectivity index (χ1v) is 7.99. The van der Waals surface area contributed by atoms with Crippen LogP contribution in [-0.2, 0) is 0 Å². The summed E-state index contributed by atoms with van der Waals surface area (Å²) in [5.41, 5.74) is 1.81. The summed E-state index contributed by atoms with van der Waals surface area (Å²) in [5.74, 6) is -1.09. The first kappa shape index (κ1) is 18.0. The molecule has 0 aliphatic heterocycles. The van der Waals surface area contributed by atoms with Crippen LogP contribution >= 0.6 is 0 Å². The third kappa shape index (κ3) is 4.07. The Kier molecular flexibility index (Phi) is 5.08.